The van der Waals surface area contributed by atoms with Gasteiger partial charge in [0, 0.05) is 17.2 Å². The molecule has 0 bridgehead atoms. The highest BCUT2D eigenvalue weighted by molar-refractivity contribution is 14.1. The minimum atomic E-state index is -0.420. The van der Waals surface area contributed by atoms with Crippen LogP contribution in [-0.2, 0) is 6.61 Å². The van der Waals surface area contributed by atoms with Crippen LogP contribution in [0.2, 0.25) is 0 Å². The maximum Gasteiger partial charge on any atom is 0.205 e. The lowest BCUT2D eigenvalue weighted by molar-refractivity contribution is 0.303. The van der Waals surface area contributed by atoms with Crippen LogP contribution in [0, 0.1) is 26.2 Å². The molecule has 31 heavy (non-hydrogen) atoms. The summed E-state index contributed by atoms with van der Waals surface area (Å²) >= 11 is 2.18. The zero-order chi connectivity index (χ0) is 22.0. The van der Waals surface area contributed by atoms with Gasteiger partial charge in [0.1, 0.15) is 35.5 Å². The van der Waals surface area contributed by atoms with Gasteiger partial charge in [-0.3, -0.25) is 0 Å². The third-order valence-corrected chi connectivity index (χ3v) is 5.86. The first-order valence-corrected chi connectivity index (χ1v) is 10.4. The molecule has 0 saturated carbocycles. The van der Waals surface area contributed by atoms with Gasteiger partial charge >= 0.3 is 0 Å². The summed E-state index contributed by atoms with van der Waals surface area (Å²) in [7, 11) is 0. The fraction of sp³-hybridized carbons (Fsp3) is 0.0833. The first-order valence-electron chi connectivity index (χ1n) is 9.32. The number of nitrogens with two attached hydrogens (primary N) is 1. The van der Waals surface area contributed by atoms with E-state index in [1.54, 1.807) is 18.2 Å². The Morgan fingerprint density at radius 1 is 1.06 bits per heavy atom. The number of nitriles is 2. The van der Waals surface area contributed by atoms with Gasteiger partial charge in [0.15, 0.2) is 0 Å². The number of benzene rings is 3. The normalized spacial score (nSPS) is 14.7. The first-order chi connectivity index (χ1) is 15.0. The Labute approximate surface area is 192 Å². The number of nitrogens with zero attached hydrogens (tertiary/aromatic N) is 2. The van der Waals surface area contributed by atoms with Crippen molar-refractivity contribution >= 4 is 22.6 Å². The Morgan fingerprint density at radius 3 is 2.61 bits per heavy atom. The number of rotatable bonds is 4. The molecule has 1 heterocycles. The molecular weight excluding hydrogens is 505 g/mol. The Balaban J connectivity index is 1.66. The van der Waals surface area contributed by atoms with Crippen molar-refractivity contribution in [3.05, 3.63) is 97.9 Å². The number of phenolic OH excluding ortho intramolecular Hbond substituents is 1. The van der Waals surface area contributed by atoms with Crippen LogP contribution in [0.3, 0.4) is 0 Å². The monoisotopic (exact) mass is 521 g/mol. The topological polar surface area (TPSA) is 112 Å². The summed E-state index contributed by atoms with van der Waals surface area (Å²) < 4.78 is 12.4. The van der Waals surface area contributed by atoms with Gasteiger partial charge in [-0.05, 0) is 52.4 Å². The summed E-state index contributed by atoms with van der Waals surface area (Å²) in [6.45, 7) is 0.273. The molecule has 0 aromatic heterocycles. The van der Waals surface area contributed by atoms with Gasteiger partial charge in [-0.15, -0.1) is 0 Å². The van der Waals surface area contributed by atoms with E-state index in [-0.39, 0.29) is 18.2 Å². The molecule has 0 unspecified atom stereocenters. The molecule has 152 valence electrons. The van der Waals surface area contributed by atoms with Crippen molar-refractivity contribution in [2.45, 2.75) is 12.5 Å². The van der Waals surface area contributed by atoms with Crippen molar-refractivity contribution in [1.29, 1.82) is 10.5 Å². The number of allylic oxidation sites excluding steroid dienone is 1. The average molecular weight is 521 g/mol. The molecular formula is C24H16IN3O3. The smallest absolute Gasteiger partial charge is 0.205 e. The van der Waals surface area contributed by atoms with Gasteiger partial charge in [-0.1, -0.05) is 30.3 Å². The maximum atomic E-state index is 9.79. The van der Waals surface area contributed by atoms with Crippen LogP contribution in [0.5, 0.6) is 17.2 Å². The van der Waals surface area contributed by atoms with Crippen molar-refractivity contribution < 1.29 is 14.6 Å². The number of phenols is 1. The molecule has 4 rings (SSSR count). The molecule has 7 heteroatoms. The summed E-state index contributed by atoms with van der Waals surface area (Å²) in [5.74, 6) is 0.752. The highest BCUT2D eigenvalue weighted by Crippen LogP contribution is 2.44. The van der Waals surface area contributed by atoms with E-state index in [2.05, 4.69) is 34.7 Å². The number of hydrogen-bond donors (Lipinski definition) is 2. The van der Waals surface area contributed by atoms with Gasteiger partial charge in [0.05, 0.1) is 21.1 Å². The third kappa shape index (κ3) is 4.00. The van der Waals surface area contributed by atoms with E-state index in [1.807, 2.05) is 36.4 Å². The van der Waals surface area contributed by atoms with Gasteiger partial charge in [-0.25, -0.2) is 0 Å². The Morgan fingerprint density at radius 2 is 1.87 bits per heavy atom. The van der Waals surface area contributed by atoms with Crippen LogP contribution in [0.15, 0.2) is 72.1 Å². The highest BCUT2D eigenvalue weighted by atomic mass is 127. The molecule has 6 nitrogen and oxygen atoms in total. The lowest BCUT2D eigenvalue weighted by Crippen LogP contribution is -2.21. The van der Waals surface area contributed by atoms with Crippen molar-refractivity contribution in [3.8, 4) is 29.4 Å². The summed E-state index contributed by atoms with van der Waals surface area (Å²) in [4.78, 5) is 0. The Hall–Kier alpha value is -3.69. The number of hydrogen-bond acceptors (Lipinski definition) is 6. The molecule has 3 N–H and O–H groups in total. The molecule has 0 spiro atoms. The standard InChI is InChI=1S/C24H16IN3O3/c25-20-9-14(5-8-21(20)30-13-16-4-2-1-3-15(16)11-26)23-18-7-6-17(29)10-22(18)31-24(28)19(23)12-27/h1-10,23,29H,13,28H2/t23-/m0/s1. The van der Waals surface area contributed by atoms with E-state index in [0.29, 0.717) is 22.6 Å². The summed E-state index contributed by atoms with van der Waals surface area (Å²) in [6.07, 6.45) is 0. The van der Waals surface area contributed by atoms with Crippen LogP contribution in [-0.4, -0.2) is 5.11 Å². The molecule has 1 atom stereocenters. The van der Waals surface area contributed by atoms with E-state index >= 15 is 0 Å². The predicted octanol–water partition coefficient (Wildman–Crippen LogP) is 4.67. The molecule has 1 aliphatic heterocycles. The first kappa shape index (κ1) is 20.6. The fourth-order valence-corrected chi connectivity index (χ4v) is 4.21. The van der Waals surface area contributed by atoms with Gasteiger partial charge < -0.3 is 20.3 Å². The van der Waals surface area contributed by atoms with Crippen molar-refractivity contribution in [1.82, 2.24) is 0 Å². The van der Waals surface area contributed by atoms with Gasteiger partial charge in [-0.2, -0.15) is 10.5 Å². The molecule has 3 aromatic carbocycles. The largest absolute Gasteiger partial charge is 0.508 e. The fourth-order valence-electron chi connectivity index (χ4n) is 3.51. The quantitative estimate of drug-likeness (QED) is 0.483. The zero-order valence-electron chi connectivity index (χ0n) is 16.2. The number of ether oxygens (including phenoxy) is 2. The predicted molar refractivity (Wildman–Crippen MR) is 122 cm³/mol. The minimum absolute atomic E-state index is 0.0223. The molecule has 0 amide bonds. The van der Waals surface area contributed by atoms with Crippen LogP contribution in [0.25, 0.3) is 0 Å². The Bertz CT molecular complexity index is 1290. The number of aromatic hydroxyl groups is 1. The molecule has 0 aliphatic carbocycles. The number of fused-ring (bicyclic) bond motifs is 1. The molecule has 0 fully saturated rings. The van der Waals surface area contributed by atoms with E-state index in [1.165, 1.54) is 6.07 Å². The minimum Gasteiger partial charge on any atom is -0.508 e. The lowest BCUT2D eigenvalue weighted by atomic mass is 9.83. The van der Waals surface area contributed by atoms with Gasteiger partial charge in [0.2, 0.25) is 5.88 Å². The third-order valence-electron chi connectivity index (χ3n) is 5.01. The zero-order valence-corrected chi connectivity index (χ0v) is 18.3. The second kappa shape index (κ2) is 8.58. The number of halogens is 1. The van der Waals surface area contributed by atoms with Crippen LogP contribution < -0.4 is 15.2 Å². The van der Waals surface area contributed by atoms with Gasteiger partial charge in [0.25, 0.3) is 0 Å². The second-order valence-electron chi connectivity index (χ2n) is 6.89. The van der Waals surface area contributed by atoms with Crippen LogP contribution >= 0.6 is 22.6 Å². The highest BCUT2D eigenvalue weighted by Gasteiger charge is 2.31. The summed E-state index contributed by atoms with van der Waals surface area (Å²) in [6, 6.07) is 22.1. The maximum absolute atomic E-state index is 9.79. The SMILES string of the molecule is N#CC1=C(N)Oc2cc(O)ccc2[C@@H]1c1ccc(OCc2ccccc2C#N)c(I)c1. The molecule has 0 radical (unpaired) electrons. The molecule has 3 aromatic rings. The molecule has 1 aliphatic rings. The second-order valence-corrected chi connectivity index (χ2v) is 8.06. The van der Waals surface area contributed by atoms with Crippen LogP contribution in [0.4, 0.5) is 0 Å². The van der Waals surface area contributed by atoms with Crippen LogP contribution in [0.1, 0.15) is 28.2 Å². The summed E-state index contributed by atoms with van der Waals surface area (Å²) in [5, 5.41) is 28.7. The average Bonchev–Trinajstić information content (AvgIpc) is 2.77. The lowest BCUT2D eigenvalue weighted by Gasteiger charge is -2.26. The van der Waals surface area contributed by atoms with Crippen molar-refractivity contribution in [2.24, 2.45) is 5.73 Å². The molecule has 0 saturated heterocycles. The summed E-state index contributed by atoms with van der Waals surface area (Å²) in [5.41, 5.74) is 9.29. The van der Waals surface area contributed by atoms with Crippen molar-refractivity contribution in [3.63, 3.8) is 0 Å². The van der Waals surface area contributed by atoms with E-state index < -0.39 is 5.92 Å². The van der Waals surface area contributed by atoms with E-state index in [9.17, 15) is 15.6 Å². The van der Waals surface area contributed by atoms with E-state index in [4.69, 9.17) is 15.2 Å². The Kier molecular flexibility index (Phi) is 5.70. The van der Waals surface area contributed by atoms with Crippen molar-refractivity contribution in [2.75, 3.05) is 0 Å². The van der Waals surface area contributed by atoms with E-state index in [0.717, 1.165) is 20.3 Å².